The van der Waals surface area contributed by atoms with Crippen molar-refractivity contribution in [1.82, 2.24) is 0 Å². The smallest absolute Gasteiger partial charge is 0.166 e. The van der Waals surface area contributed by atoms with Gasteiger partial charge in [0.2, 0.25) is 0 Å². The van der Waals surface area contributed by atoms with Crippen LogP contribution in [0, 0.1) is 0 Å². The molecule has 0 aliphatic carbocycles. The Morgan fingerprint density at radius 1 is 0.857 bits per heavy atom. The molecule has 0 aliphatic rings. The second-order valence-electron chi connectivity index (χ2n) is 5.07. The number of ketones is 1. The Balaban J connectivity index is 1.80. The number of fused-ring (bicyclic) bond motifs is 1. The molecule has 0 saturated heterocycles. The van der Waals surface area contributed by atoms with Crippen LogP contribution in [0.5, 0.6) is 0 Å². The van der Waals surface area contributed by atoms with Gasteiger partial charge >= 0.3 is 0 Å². The summed E-state index contributed by atoms with van der Waals surface area (Å²) in [5.74, 6) is -0.169. The Bertz CT molecular complexity index is 765. The molecule has 3 rings (SSSR count). The highest BCUT2D eigenvalue weighted by molar-refractivity contribution is 6.00. The molecule has 0 N–H and O–H groups in total. The van der Waals surface area contributed by atoms with Crippen molar-refractivity contribution in [2.24, 2.45) is 0 Å². The summed E-state index contributed by atoms with van der Waals surface area (Å²) >= 11 is 0. The van der Waals surface area contributed by atoms with Gasteiger partial charge in [0.1, 0.15) is 6.17 Å². The van der Waals surface area contributed by atoms with Crippen LogP contribution in [0.25, 0.3) is 10.8 Å². The van der Waals surface area contributed by atoms with Crippen molar-refractivity contribution in [2.45, 2.75) is 12.6 Å². The molecule has 3 aromatic carbocycles. The number of alkyl halides is 1. The van der Waals surface area contributed by atoms with Crippen LogP contribution >= 0.6 is 0 Å². The molecule has 0 fully saturated rings. The Labute approximate surface area is 123 Å². The number of carbonyl (C=O) groups excluding carboxylic acids is 1. The van der Waals surface area contributed by atoms with E-state index in [1.807, 2.05) is 42.5 Å². The Morgan fingerprint density at radius 2 is 1.52 bits per heavy atom. The minimum absolute atomic E-state index is 0.123. The number of hydrogen-bond donors (Lipinski definition) is 0. The third-order valence-corrected chi connectivity index (χ3v) is 3.60. The summed E-state index contributed by atoms with van der Waals surface area (Å²) in [6.07, 6.45) is -1.38. The van der Waals surface area contributed by atoms with E-state index in [4.69, 9.17) is 0 Å². The quantitative estimate of drug-likeness (QED) is 0.605. The van der Waals surface area contributed by atoms with Crippen LogP contribution in [0.4, 0.5) is 4.39 Å². The van der Waals surface area contributed by atoms with Crippen LogP contribution in [-0.2, 0) is 0 Å². The molecule has 3 aromatic rings. The first-order valence-corrected chi connectivity index (χ1v) is 6.95. The molecule has 0 aliphatic heterocycles. The van der Waals surface area contributed by atoms with Crippen LogP contribution < -0.4 is 0 Å². The maximum absolute atomic E-state index is 14.2. The summed E-state index contributed by atoms with van der Waals surface area (Å²) in [4.78, 5) is 12.2. The third kappa shape index (κ3) is 3.00. The third-order valence-electron chi connectivity index (χ3n) is 3.60. The van der Waals surface area contributed by atoms with E-state index in [1.165, 1.54) is 0 Å². The van der Waals surface area contributed by atoms with Crippen LogP contribution in [0.2, 0.25) is 0 Å². The lowest BCUT2D eigenvalue weighted by Crippen LogP contribution is -2.04. The maximum Gasteiger partial charge on any atom is 0.166 e. The van der Waals surface area contributed by atoms with Crippen LogP contribution in [0.15, 0.2) is 72.8 Å². The largest absolute Gasteiger partial charge is 0.294 e. The van der Waals surface area contributed by atoms with E-state index in [-0.39, 0.29) is 12.2 Å². The Morgan fingerprint density at radius 3 is 2.29 bits per heavy atom. The minimum Gasteiger partial charge on any atom is -0.294 e. The van der Waals surface area contributed by atoms with E-state index < -0.39 is 6.17 Å². The summed E-state index contributed by atoms with van der Waals surface area (Å²) < 4.78 is 14.2. The predicted octanol–water partition coefficient (Wildman–Crippen LogP) is 5.12. The molecule has 104 valence electrons. The maximum atomic E-state index is 14.2. The van der Waals surface area contributed by atoms with E-state index >= 15 is 0 Å². The SMILES string of the molecule is O=C(CC(F)c1ccccc1)c1ccc2ccccc2c1. The molecule has 0 amide bonds. The Kier molecular flexibility index (Phi) is 3.78. The molecular formula is C19H15FO. The van der Waals surface area contributed by atoms with Gasteiger partial charge in [0.05, 0.1) is 0 Å². The molecule has 2 heteroatoms. The number of benzene rings is 3. The standard InChI is InChI=1S/C19H15FO/c20-18(15-7-2-1-3-8-15)13-19(21)17-11-10-14-6-4-5-9-16(14)12-17/h1-12,18H,13H2. The Hall–Kier alpha value is -2.48. The monoisotopic (exact) mass is 278 g/mol. The van der Waals surface area contributed by atoms with Gasteiger partial charge in [-0.15, -0.1) is 0 Å². The van der Waals surface area contributed by atoms with Crippen LogP contribution in [0.3, 0.4) is 0 Å². The lowest BCUT2D eigenvalue weighted by molar-refractivity contribution is 0.0947. The van der Waals surface area contributed by atoms with Crippen molar-refractivity contribution in [3.63, 3.8) is 0 Å². The van der Waals surface area contributed by atoms with Crippen molar-refractivity contribution in [2.75, 3.05) is 0 Å². The molecular weight excluding hydrogens is 263 g/mol. The zero-order valence-electron chi connectivity index (χ0n) is 11.5. The molecule has 21 heavy (non-hydrogen) atoms. The summed E-state index contributed by atoms with van der Waals surface area (Å²) in [7, 11) is 0. The normalized spacial score (nSPS) is 12.2. The van der Waals surface area contributed by atoms with E-state index in [0.29, 0.717) is 11.1 Å². The van der Waals surface area contributed by atoms with Crippen molar-refractivity contribution >= 4 is 16.6 Å². The van der Waals surface area contributed by atoms with Gasteiger partial charge in [-0.2, -0.15) is 0 Å². The van der Waals surface area contributed by atoms with Gasteiger partial charge < -0.3 is 0 Å². The summed E-state index contributed by atoms with van der Waals surface area (Å²) in [6.45, 7) is 0. The lowest BCUT2D eigenvalue weighted by atomic mass is 9.99. The number of hydrogen-bond acceptors (Lipinski definition) is 1. The average molecular weight is 278 g/mol. The number of carbonyl (C=O) groups is 1. The molecule has 0 heterocycles. The van der Waals surface area contributed by atoms with E-state index in [1.54, 1.807) is 30.3 Å². The fraction of sp³-hybridized carbons (Fsp3) is 0.105. The van der Waals surface area contributed by atoms with Crippen molar-refractivity contribution in [1.29, 1.82) is 0 Å². The van der Waals surface area contributed by atoms with Gasteiger partial charge in [-0.1, -0.05) is 66.7 Å². The van der Waals surface area contributed by atoms with Crippen molar-refractivity contribution < 1.29 is 9.18 Å². The van der Waals surface area contributed by atoms with Crippen molar-refractivity contribution in [3.05, 3.63) is 83.9 Å². The summed E-state index contributed by atoms with van der Waals surface area (Å²) in [5.41, 5.74) is 1.11. The molecule has 1 nitrogen and oxygen atoms in total. The molecule has 0 radical (unpaired) electrons. The molecule has 1 atom stereocenters. The summed E-state index contributed by atoms with van der Waals surface area (Å²) in [5, 5.41) is 2.08. The van der Waals surface area contributed by atoms with Gasteiger partial charge in [0.15, 0.2) is 5.78 Å². The molecule has 1 unspecified atom stereocenters. The highest BCUT2D eigenvalue weighted by Gasteiger charge is 2.16. The molecule has 0 bridgehead atoms. The van der Waals surface area contributed by atoms with E-state index in [2.05, 4.69) is 0 Å². The average Bonchev–Trinajstić information content (AvgIpc) is 2.55. The van der Waals surface area contributed by atoms with Gasteiger partial charge in [-0.3, -0.25) is 4.79 Å². The topological polar surface area (TPSA) is 17.1 Å². The fourth-order valence-corrected chi connectivity index (χ4v) is 2.42. The molecule has 0 saturated carbocycles. The van der Waals surface area contributed by atoms with Crippen LogP contribution in [0.1, 0.15) is 28.5 Å². The molecule has 0 spiro atoms. The lowest BCUT2D eigenvalue weighted by Gasteiger charge is -2.08. The van der Waals surface area contributed by atoms with Crippen molar-refractivity contribution in [3.8, 4) is 0 Å². The van der Waals surface area contributed by atoms with Gasteiger partial charge in [-0.25, -0.2) is 4.39 Å². The minimum atomic E-state index is -1.26. The van der Waals surface area contributed by atoms with E-state index in [0.717, 1.165) is 10.8 Å². The second-order valence-corrected chi connectivity index (χ2v) is 5.07. The zero-order chi connectivity index (χ0) is 14.7. The number of halogens is 1. The van der Waals surface area contributed by atoms with Gasteiger partial charge in [0.25, 0.3) is 0 Å². The van der Waals surface area contributed by atoms with Gasteiger partial charge in [0, 0.05) is 12.0 Å². The highest BCUT2D eigenvalue weighted by Crippen LogP contribution is 2.24. The van der Waals surface area contributed by atoms with Gasteiger partial charge in [-0.05, 0) is 22.4 Å². The zero-order valence-corrected chi connectivity index (χ0v) is 11.5. The number of Topliss-reactive ketones (excluding diaryl/α,β-unsaturated/α-hetero) is 1. The fourth-order valence-electron chi connectivity index (χ4n) is 2.42. The number of rotatable bonds is 4. The van der Waals surface area contributed by atoms with Crippen LogP contribution in [-0.4, -0.2) is 5.78 Å². The predicted molar refractivity (Wildman–Crippen MR) is 83.2 cm³/mol. The molecule has 0 aromatic heterocycles. The first-order chi connectivity index (χ1) is 10.2. The first-order valence-electron chi connectivity index (χ1n) is 6.95. The van der Waals surface area contributed by atoms with E-state index in [9.17, 15) is 9.18 Å². The summed E-state index contributed by atoms with van der Waals surface area (Å²) in [6, 6.07) is 22.1. The first kappa shape index (κ1) is 13.5. The highest BCUT2D eigenvalue weighted by atomic mass is 19.1. The second kappa shape index (κ2) is 5.88.